The lowest BCUT2D eigenvalue weighted by Gasteiger charge is -2.31. The van der Waals surface area contributed by atoms with E-state index in [1.165, 1.54) is 4.90 Å². The van der Waals surface area contributed by atoms with Gasteiger partial charge in [0.25, 0.3) is 5.91 Å². The van der Waals surface area contributed by atoms with Gasteiger partial charge in [0.1, 0.15) is 17.5 Å². The van der Waals surface area contributed by atoms with Crippen molar-refractivity contribution in [1.82, 2.24) is 25.1 Å². The Kier molecular flexibility index (Phi) is 9.39. The van der Waals surface area contributed by atoms with Gasteiger partial charge in [0.15, 0.2) is 23.1 Å². The van der Waals surface area contributed by atoms with Crippen molar-refractivity contribution in [3.8, 4) is 0 Å². The van der Waals surface area contributed by atoms with Crippen LogP contribution in [0, 0.1) is 17.5 Å². The molecule has 1 aromatic heterocycles. The highest BCUT2D eigenvalue weighted by molar-refractivity contribution is 5.93. The van der Waals surface area contributed by atoms with Gasteiger partial charge in [0.2, 0.25) is 5.82 Å². The molecule has 0 bridgehead atoms. The summed E-state index contributed by atoms with van der Waals surface area (Å²) < 4.78 is 95.2. The highest BCUT2D eigenvalue weighted by Gasteiger charge is 2.44. The maximum atomic E-state index is 14.5. The molecular weight excluding hydrogens is 588 g/mol. The van der Waals surface area contributed by atoms with Gasteiger partial charge in [-0.25, -0.2) is 22.9 Å². The fraction of sp³-hybridized carbons (Fsp3) is 0.556. The summed E-state index contributed by atoms with van der Waals surface area (Å²) in [6, 6.07) is -1.72. The molecule has 2 amide bonds. The molecule has 1 fully saturated rings. The van der Waals surface area contributed by atoms with E-state index >= 15 is 0 Å². The quantitative estimate of drug-likeness (QED) is 0.360. The summed E-state index contributed by atoms with van der Waals surface area (Å²) in [6.45, 7) is 4.77. The van der Waals surface area contributed by atoms with E-state index < -0.39 is 89.2 Å². The van der Waals surface area contributed by atoms with E-state index in [0.29, 0.717) is 12.1 Å². The van der Waals surface area contributed by atoms with E-state index in [4.69, 9.17) is 9.47 Å². The number of rotatable bonds is 7. The summed E-state index contributed by atoms with van der Waals surface area (Å²) in [7, 11) is 0. The average molecular weight is 620 g/mol. The fourth-order valence-corrected chi connectivity index (χ4v) is 4.95. The third-order valence-corrected chi connectivity index (χ3v) is 6.81. The fourth-order valence-electron chi connectivity index (χ4n) is 4.95. The first kappa shape index (κ1) is 32.3. The van der Waals surface area contributed by atoms with Gasteiger partial charge in [-0.15, -0.1) is 0 Å². The first-order valence-electron chi connectivity index (χ1n) is 13.5. The van der Waals surface area contributed by atoms with Gasteiger partial charge in [0.05, 0.1) is 18.9 Å². The molecule has 0 aliphatic carbocycles. The van der Waals surface area contributed by atoms with Crippen LogP contribution in [-0.4, -0.2) is 76.7 Å². The molecule has 1 saturated heterocycles. The molecule has 10 nitrogen and oxygen atoms in total. The SMILES string of the molecule is CC(C)(C)OC(=O)NC(CC(=O)C1CNCc2c(C(F)(F)F)nc(C(=O)N3CCOCC3)n21)Cc1cc(F)c(F)cc1F. The second kappa shape index (κ2) is 12.5. The van der Waals surface area contributed by atoms with Gasteiger partial charge < -0.3 is 29.6 Å². The van der Waals surface area contributed by atoms with Crippen molar-refractivity contribution in [2.24, 2.45) is 0 Å². The van der Waals surface area contributed by atoms with Crippen LogP contribution >= 0.6 is 0 Å². The van der Waals surface area contributed by atoms with Crippen LogP contribution in [0.1, 0.15) is 60.8 Å². The van der Waals surface area contributed by atoms with E-state index in [9.17, 15) is 40.7 Å². The predicted molar refractivity (Wildman–Crippen MR) is 137 cm³/mol. The van der Waals surface area contributed by atoms with Crippen molar-refractivity contribution in [3.63, 3.8) is 0 Å². The molecule has 2 aromatic rings. The number of aromatic nitrogens is 2. The molecule has 236 valence electrons. The highest BCUT2D eigenvalue weighted by Crippen LogP contribution is 2.35. The molecule has 2 aliphatic rings. The van der Waals surface area contributed by atoms with E-state index in [2.05, 4.69) is 15.6 Å². The first-order valence-corrected chi connectivity index (χ1v) is 13.5. The van der Waals surface area contributed by atoms with Gasteiger partial charge in [-0.05, 0) is 38.8 Å². The maximum Gasteiger partial charge on any atom is 0.435 e. The Morgan fingerprint density at radius 1 is 1.09 bits per heavy atom. The zero-order chi connectivity index (χ0) is 31.7. The Morgan fingerprint density at radius 2 is 1.74 bits per heavy atom. The van der Waals surface area contributed by atoms with Crippen LogP contribution in [0.4, 0.5) is 31.1 Å². The number of halogens is 6. The van der Waals surface area contributed by atoms with Gasteiger partial charge in [-0.2, -0.15) is 13.2 Å². The Hall–Kier alpha value is -3.66. The van der Waals surface area contributed by atoms with Crippen LogP contribution in [0.3, 0.4) is 0 Å². The van der Waals surface area contributed by atoms with Crippen LogP contribution in [-0.2, 0) is 33.4 Å². The number of ketones is 1. The van der Waals surface area contributed by atoms with E-state index in [0.717, 1.165) is 4.57 Å². The number of ether oxygens (including phenoxy) is 2. The lowest BCUT2D eigenvalue weighted by molar-refractivity contribution is -0.142. The lowest BCUT2D eigenvalue weighted by atomic mass is 9.96. The van der Waals surface area contributed by atoms with E-state index in [1.807, 2.05) is 0 Å². The van der Waals surface area contributed by atoms with Crippen molar-refractivity contribution in [1.29, 1.82) is 0 Å². The number of nitrogens with zero attached hydrogens (tertiary/aromatic N) is 3. The molecule has 2 aliphatic heterocycles. The number of carbonyl (C=O) groups excluding carboxylic acids is 3. The van der Waals surface area contributed by atoms with Crippen LogP contribution in [0.25, 0.3) is 0 Å². The normalized spacial score (nSPS) is 18.2. The number of alkyl carbamates (subject to hydrolysis) is 1. The number of imidazole rings is 1. The van der Waals surface area contributed by atoms with E-state index in [1.54, 1.807) is 20.8 Å². The number of Topliss-reactive ketones (excluding diaryl/α,β-unsaturated/α-hetero) is 1. The number of hydrogen-bond donors (Lipinski definition) is 2. The number of carbonyl (C=O) groups is 3. The number of hydrogen-bond acceptors (Lipinski definition) is 7. The van der Waals surface area contributed by atoms with Gasteiger partial charge >= 0.3 is 12.3 Å². The standard InChI is InChI=1S/C27H31F6N5O5/c1-26(2,3)43-25(41)35-15(8-14-9-17(29)18(30)11-16(14)28)10-21(39)19-12-34-13-20-22(27(31,32)33)36-23(38(19)20)24(40)37-4-6-42-7-5-37/h9,11,15,19,34H,4-8,10,12-13H2,1-3H3,(H,35,41). The molecule has 0 radical (unpaired) electrons. The molecule has 0 saturated carbocycles. The molecule has 16 heteroatoms. The second-order valence-electron chi connectivity index (χ2n) is 11.2. The molecule has 3 heterocycles. The number of morpholine rings is 1. The number of amides is 2. The zero-order valence-electron chi connectivity index (χ0n) is 23.6. The Labute approximate surface area is 242 Å². The third kappa shape index (κ3) is 7.65. The largest absolute Gasteiger partial charge is 0.444 e. The minimum atomic E-state index is -4.93. The van der Waals surface area contributed by atoms with Crippen molar-refractivity contribution >= 4 is 17.8 Å². The monoisotopic (exact) mass is 619 g/mol. The average Bonchev–Trinajstić information content (AvgIpc) is 3.31. The maximum absolute atomic E-state index is 14.5. The van der Waals surface area contributed by atoms with Crippen molar-refractivity contribution < 1.29 is 50.2 Å². The molecule has 0 spiro atoms. The predicted octanol–water partition coefficient (Wildman–Crippen LogP) is 3.53. The molecular formula is C27H31F6N5O5. The van der Waals surface area contributed by atoms with Gasteiger partial charge in [-0.3, -0.25) is 9.59 Å². The number of nitrogens with one attached hydrogen (secondary N) is 2. The molecule has 2 N–H and O–H groups in total. The number of fused-ring (bicyclic) bond motifs is 1. The van der Waals surface area contributed by atoms with Crippen LogP contribution in [0.15, 0.2) is 12.1 Å². The lowest BCUT2D eigenvalue weighted by Crippen LogP contribution is -2.46. The molecule has 43 heavy (non-hydrogen) atoms. The molecule has 4 rings (SSSR count). The number of benzene rings is 1. The molecule has 2 atom stereocenters. The summed E-state index contributed by atoms with van der Waals surface area (Å²) in [5.41, 5.74) is -3.06. The minimum absolute atomic E-state index is 0.112. The van der Waals surface area contributed by atoms with Crippen LogP contribution in [0.2, 0.25) is 0 Å². The second-order valence-corrected chi connectivity index (χ2v) is 11.2. The number of alkyl halides is 3. The summed E-state index contributed by atoms with van der Waals surface area (Å²) >= 11 is 0. The molecule has 2 unspecified atom stereocenters. The van der Waals surface area contributed by atoms with E-state index in [-0.39, 0.29) is 45.0 Å². The van der Waals surface area contributed by atoms with Gasteiger partial charge in [0, 0.05) is 44.7 Å². The summed E-state index contributed by atoms with van der Waals surface area (Å²) in [4.78, 5) is 44.5. The Morgan fingerprint density at radius 3 is 2.37 bits per heavy atom. The summed E-state index contributed by atoms with van der Waals surface area (Å²) in [6.07, 6.45) is -7.01. The van der Waals surface area contributed by atoms with Crippen LogP contribution in [0.5, 0.6) is 0 Å². The van der Waals surface area contributed by atoms with Crippen molar-refractivity contribution in [2.75, 3.05) is 32.8 Å². The van der Waals surface area contributed by atoms with Crippen molar-refractivity contribution in [3.05, 3.63) is 52.4 Å². The summed E-state index contributed by atoms with van der Waals surface area (Å²) in [5.74, 6) is -6.05. The topological polar surface area (TPSA) is 115 Å². The smallest absolute Gasteiger partial charge is 0.435 e. The zero-order valence-corrected chi connectivity index (χ0v) is 23.6. The van der Waals surface area contributed by atoms with Crippen molar-refractivity contribution in [2.45, 2.75) is 64.0 Å². The Balaban J connectivity index is 1.68. The third-order valence-electron chi connectivity index (χ3n) is 6.81. The van der Waals surface area contributed by atoms with Gasteiger partial charge in [-0.1, -0.05) is 0 Å². The van der Waals surface area contributed by atoms with Crippen LogP contribution < -0.4 is 10.6 Å². The molecule has 1 aromatic carbocycles. The summed E-state index contributed by atoms with van der Waals surface area (Å²) in [5, 5.41) is 5.16. The Bertz CT molecular complexity index is 1380. The highest BCUT2D eigenvalue weighted by atomic mass is 19.4. The first-order chi connectivity index (χ1) is 20.0. The minimum Gasteiger partial charge on any atom is -0.444 e.